The Morgan fingerprint density at radius 3 is 2.54 bits per heavy atom. The summed E-state index contributed by atoms with van der Waals surface area (Å²) in [7, 11) is 1.60. The lowest BCUT2D eigenvalue weighted by Crippen LogP contribution is -2.27. The molecule has 0 saturated heterocycles. The molecule has 1 heterocycles. The zero-order valence-electron chi connectivity index (χ0n) is 20.1. The number of nitrogens with zero attached hydrogens (tertiary/aromatic N) is 1. The van der Waals surface area contributed by atoms with Gasteiger partial charge in [-0.2, -0.15) is 0 Å². The van der Waals surface area contributed by atoms with E-state index in [1.54, 1.807) is 31.4 Å². The van der Waals surface area contributed by atoms with E-state index in [1.165, 1.54) is 11.8 Å². The average molecular weight is 488 g/mol. The number of para-hydroxylation sites is 1. The third-order valence-corrected chi connectivity index (χ3v) is 6.81. The number of aromatic nitrogens is 1. The molecule has 2 amide bonds. The second-order valence-electron chi connectivity index (χ2n) is 8.34. The number of nitrogens with one attached hydrogen (secondary N) is 2. The molecule has 6 nitrogen and oxygen atoms in total. The van der Waals surface area contributed by atoms with Crippen LogP contribution in [0.3, 0.4) is 0 Å². The molecule has 1 aromatic heterocycles. The number of hydrogen-bond acceptors (Lipinski definition) is 4. The first-order valence-electron chi connectivity index (χ1n) is 11.4. The number of hydrogen-bond donors (Lipinski definition) is 2. The molecule has 7 heteroatoms. The van der Waals surface area contributed by atoms with Crippen LogP contribution in [0.25, 0.3) is 10.9 Å². The molecule has 0 aliphatic carbocycles. The van der Waals surface area contributed by atoms with Crippen molar-refractivity contribution < 1.29 is 14.3 Å². The van der Waals surface area contributed by atoms with E-state index >= 15 is 0 Å². The first kappa shape index (κ1) is 24.4. The first-order chi connectivity index (χ1) is 16.9. The Bertz CT molecular complexity index is 1350. The van der Waals surface area contributed by atoms with Crippen LogP contribution >= 0.6 is 11.8 Å². The summed E-state index contributed by atoms with van der Waals surface area (Å²) in [6, 6.07) is 21.2. The molecule has 3 aromatic carbocycles. The SMILES string of the molecule is COc1ccc(C(=O)NCCn2cc(SCC(=O)Nc3cc(C)ccc3C)c3ccccc32)cc1. The van der Waals surface area contributed by atoms with Gasteiger partial charge in [0.25, 0.3) is 5.91 Å². The summed E-state index contributed by atoms with van der Waals surface area (Å²) in [6.45, 7) is 5.11. The largest absolute Gasteiger partial charge is 0.497 e. The van der Waals surface area contributed by atoms with E-state index in [0.29, 0.717) is 30.2 Å². The van der Waals surface area contributed by atoms with E-state index in [-0.39, 0.29) is 11.8 Å². The Hall–Kier alpha value is -3.71. The lowest BCUT2D eigenvalue weighted by molar-refractivity contribution is -0.113. The lowest BCUT2D eigenvalue weighted by Gasteiger charge is -2.09. The van der Waals surface area contributed by atoms with Crippen molar-refractivity contribution in [2.45, 2.75) is 25.3 Å². The number of benzene rings is 3. The van der Waals surface area contributed by atoms with Gasteiger partial charge in [-0.1, -0.05) is 30.3 Å². The van der Waals surface area contributed by atoms with E-state index in [1.807, 2.05) is 44.2 Å². The third kappa shape index (κ3) is 6.05. The van der Waals surface area contributed by atoms with Gasteiger partial charge in [0, 0.05) is 46.3 Å². The average Bonchev–Trinajstić information content (AvgIpc) is 3.22. The fourth-order valence-corrected chi connectivity index (χ4v) is 4.74. The molecule has 2 N–H and O–H groups in total. The number of ether oxygens (including phenoxy) is 1. The van der Waals surface area contributed by atoms with E-state index < -0.39 is 0 Å². The van der Waals surface area contributed by atoms with Gasteiger partial charge in [-0.25, -0.2) is 0 Å². The minimum Gasteiger partial charge on any atom is -0.497 e. The summed E-state index contributed by atoms with van der Waals surface area (Å²) in [5, 5.41) is 7.09. The number of fused-ring (bicyclic) bond motifs is 1. The number of carbonyl (C=O) groups excluding carboxylic acids is 2. The highest BCUT2D eigenvalue weighted by Crippen LogP contribution is 2.30. The smallest absolute Gasteiger partial charge is 0.251 e. The molecule has 0 unspecified atom stereocenters. The molecule has 0 aliphatic rings. The van der Waals surface area contributed by atoms with Crippen molar-refractivity contribution in [1.82, 2.24) is 9.88 Å². The van der Waals surface area contributed by atoms with Crippen molar-refractivity contribution in [3.8, 4) is 5.75 Å². The van der Waals surface area contributed by atoms with Crippen LogP contribution < -0.4 is 15.4 Å². The Morgan fingerprint density at radius 2 is 1.77 bits per heavy atom. The van der Waals surface area contributed by atoms with Crippen LogP contribution in [0, 0.1) is 13.8 Å². The van der Waals surface area contributed by atoms with Crippen LogP contribution in [-0.4, -0.2) is 35.8 Å². The van der Waals surface area contributed by atoms with Gasteiger partial charge in [-0.3, -0.25) is 9.59 Å². The summed E-state index contributed by atoms with van der Waals surface area (Å²) < 4.78 is 7.26. The number of rotatable bonds is 9. The van der Waals surface area contributed by atoms with Crippen molar-refractivity contribution in [2.75, 3.05) is 24.7 Å². The fraction of sp³-hybridized carbons (Fsp3) is 0.214. The standard InChI is InChI=1S/C28H29N3O3S/c1-19-8-9-20(2)24(16-19)30-27(32)18-35-26-17-31(25-7-5-4-6-23(25)26)15-14-29-28(33)21-10-12-22(34-3)13-11-21/h4-13,16-17H,14-15,18H2,1-3H3,(H,29,33)(H,30,32). The Morgan fingerprint density at radius 1 is 1.00 bits per heavy atom. The van der Waals surface area contributed by atoms with Gasteiger partial charge in [0.1, 0.15) is 5.75 Å². The summed E-state index contributed by atoms with van der Waals surface area (Å²) in [5.41, 5.74) is 4.67. The van der Waals surface area contributed by atoms with Gasteiger partial charge in [0.05, 0.1) is 12.9 Å². The predicted molar refractivity (Wildman–Crippen MR) is 143 cm³/mol. The van der Waals surface area contributed by atoms with E-state index in [0.717, 1.165) is 32.6 Å². The number of aryl methyl sites for hydroxylation is 2. The van der Waals surface area contributed by atoms with Gasteiger partial charge in [-0.05, 0) is 61.4 Å². The van der Waals surface area contributed by atoms with Crippen molar-refractivity contribution in [2.24, 2.45) is 0 Å². The lowest BCUT2D eigenvalue weighted by atomic mass is 10.1. The quantitative estimate of drug-likeness (QED) is 0.309. The molecule has 0 radical (unpaired) electrons. The molecule has 0 atom stereocenters. The number of thioether (sulfide) groups is 1. The number of amides is 2. The number of anilines is 1. The zero-order chi connectivity index (χ0) is 24.8. The number of methoxy groups -OCH3 is 1. The minimum atomic E-state index is -0.123. The van der Waals surface area contributed by atoms with Gasteiger partial charge in [-0.15, -0.1) is 11.8 Å². The molecule has 35 heavy (non-hydrogen) atoms. The molecular weight excluding hydrogens is 458 g/mol. The monoisotopic (exact) mass is 487 g/mol. The maximum atomic E-state index is 12.6. The van der Waals surface area contributed by atoms with Crippen LogP contribution in [0.4, 0.5) is 5.69 Å². The van der Waals surface area contributed by atoms with E-state index in [9.17, 15) is 9.59 Å². The Kier molecular flexibility index (Phi) is 7.77. The molecule has 4 rings (SSSR count). The van der Waals surface area contributed by atoms with Crippen molar-refractivity contribution in [1.29, 1.82) is 0 Å². The van der Waals surface area contributed by atoms with Crippen LogP contribution in [0.5, 0.6) is 5.75 Å². The molecule has 0 saturated carbocycles. The highest BCUT2D eigenvalue weighted by atomic mass is 32.2. The molecule has 0 bridgehead atoms. The maximum Gasteiger partial charge on any atom is 0.251 e. The van der Waals surface area contributed by atoms with Crippen molar-refractivity contribution >= 4 is 40.2 Å². The van der Waals surface area contributed by atoms with Gasteiger partial charge < -0.3 is 19.9 Å². The second kappa shape index (κ2) is 11.1. The van der Waals surface area contributed by atoms with E-state index in [4.69, 9.17) is 4.74 Å². The van der Waals surface area contributed by atoms with Gasteiger partial charge >= 0.3 is 0 Å². The summed E-state index contributed by atoms with van der Waals surface area (Å²) in [4.78, 5) is 26.1. The maximum absolute atomic E-state index is 12.6. The topological polar surface area (TPSA) is 72.4 Å². The zero-order valence-corrected chi connectivity index (χ0v) is 20.9. The van der Waals surface area contributed by atoms with E-state index in [2.05, 4.69) is 33.5 Å². The minimum absolute atomic E-state index is 0.0349. The normalized spacial score (nSPS) is 10.8. The summed E-state index contributed by atoms with van der Waals surface area (Å²) in [6.07, 6.45) is 2.06. The summed E-state index contributed by atoms with van der Waals surface area (Å²) in [5.74, 6) is 0.873. The van der Waals surface area contributed by atoms with Gasteiger partial charge in [0.15, 0.2) is 0 Å². The predicted octanol–water partition coefficient (Wildman–Crippen LogP) is 5.43. The highest BCUT2D eigenvalue weighted by molar-refractivity contribution is 8.00. The van der Waals surface area contributed by atoms with Gasteiger partial charge in [0.2, 0.25) is 5.91 Å². The molecule has 0 fully saturated rings. The Labute approximate surface area is 209 Å². The second-order valence-corrected chi connectivity index (χ2v) is 9.36. The molecule has 0 spiro atoms. The molecular formula is C28H29N3O3S. The number of carbonyl (C=O) groups is 2. The molecule has 180 valence electrons. The van der Waals surface area contributed by atoms with Crippen LogP contribution in [-0.2, 0) is 11.3 Å². The Balaban J connectivity index is 1.38. The fourth-order valence-electron chi connectivity index (χ4n) is 3.85. The van der Waals surface area contributed by atoms with Crippen LogP contribution in [0.1, 0.15) is 21.5 Å². The van der Waals surface area contributed by atoms with Crippen molar-refractivity contribution in [3.63, 3.8) is 0 Å². The first-order valence-corrected chi connectivity index (χ1v) is 12.4. The van der Waals surface area contributed by atoms with Crippen LogP contribution in [0.15, 0.2) is 77.8 Å². The van der Waals surface area contributed by atoms with Crippen LogP contribution in [0.2, 0.25) is 0 Å². The van der Waals surface area contributed by atoms with Crippen molar-refractivity contribution in [3.05, 3.63) is 89.6 Å². The summed E-state index contributed by atoms with van der Waals surface area (Å²) >= 11 is 1.52. The molecule has 0 aliphatic heterocycles. The highest BCUT2D eigenvalue weighted by Gasteiger charge is 2.12. The third-order valence-electron chi connectivity index (χ3n) is 5.77. The molecule has 4 aromatic rings.